The molecule has 0 bridgehead atoms. The normalized spacial score (nSPS) is 15.0. The number of hydrogen-bond acceptors (Lipinski definition) is 1. The van der Waals surface area contributed by atoms with Crippen LogP contribution in [0.25, 0.3) is 0 Å². The van der Waals surface area contributed by atoms with Crippen LogP contribution in [0.5, 0.6) is 0 Å². The minimum Gasteiger partial charge on any atom is -0.310 e. The summed E-state index contributed by atoms with van der Waals surface area (Å²) in [7, 11) is 0. The average molecular weight is 314 g/mol. The minimum atomic E-state index is -0.235. The fourth-order valence-corrected chi connectivity index (χ4v) is 3.33. The van der Waals surface area contributed by atoms with Crippen molar-refractivity contribution in [3.05, 3.63) is 34.1 Å². The molecule has 1 aromatic carbocycles. The Hall–Kier alpha value is -0.600. The molecule has 1 rings (SSSR count). The second-order valence-electron chi connectivity index (χ2n) is 7.34. The van der Waals surface area contributed by atoms with E-state index in [-0.39, 0.29) is 11.9 Å². The highest BCUT2D eigenvalue weighted by molar-refractivity contribution is 6.31. The van der Waals surface area contributed by atoms with Gasteiger partial charge in [0.1, 0.15) is 5.82 Å². The summed E-state index contributed by atoms with van der Waals surface area (Å²) in [5.41, 5.74) is 1.98. The van der Waals surface area contributed by atoms with Crippen LogP contribution in [-0.4, -0.2) is 6.54 Å². The van der Waals surface area contributed by atoms with Crippen LogP contribution in [-0.2, 0) is 0 Å². The Kier molecular flexibility index (Phi) is 6.68. The summed E-state index contributed by atoms with van der Waals surface area (Å²) in [5, 5.41) is 4.02. The van der Waals surface area contributed by atoms with Crippen LogP contribution < -0.4 is 5.32 Å². The molecule has 0 aliphatic rings. The van der Waals surface area contributed by atoms with E-state index >= 15 is 0 Å². The van der Waals surface area contributed by atoms with Gasteiger partial charge in [0.05, 0.1) is 0 Å². The van der Waals surface area contributed by atoms with Crippen LogP contribution in [0.1, 0.15) is 64.6 Å². The molecule has 120 valence electrons. The van der Waals surface area contributed by atoms with E-state index in [1.165, 1.54) is 6.07 Å². The summed E-state index contributed by atoms with van der Waals surface area (Å²) < 4.78 is 13.6. The maximum atomic E-state index is 13.6. The van der Waals surface area contributed by atoms with Gasteiger partial charge in [0.15, 0.2) is 0 Å². The number of hydrogen-bond donors (Lipinski definition) is 1. The molecule has 0 fully saturated rings. The molecule has 0 radical (unpaired) electrons. The molecule has 21 heavy (non-hydrogen) atoms. The van der Waals surface area contributed by atoms with Crippen molar-refractivity contribution in [3.63, 3.8) is 0 Å². The zero-order chi connectivity index (χ0) is 16.2. The Morgan fingerprint density at radius 1 is 1.29 bits per heavy atom. The van der Waals surface area contributed by atoms with Crippen molar-refractivity contribution in [2.45, 2.75) is 60.4 Å². The van der Waals surface area contributed by atoms with Crippen LogP contribution in [0.2, 0.25) is 5.02 Å². The smallest absolute Gasteiger partial charge is 0.127 e. The first-order valence-electron chi connectivity index (χ1n) is 7.83. The Bertz CT molecular complexity index is 465. The lowest BCUT2D eigenvalue weighted by Crippen LogP contribution is -2.25. The van der Waals surface area contributed by atoms with Gasteiger partial charge in [0.25, 0.3) is 0 Å². The second kappa shape index (κ2) is 7.60. The summed E-state index contributed by atoms with van der Waals surface area (Å²) in [6.07, 6.45) is 2.17. The molecule has 1 N–H and O–H groups in total. The largest absolute Gasteiger partial charge is 0.310 e. The van der Waals surface area contributed by atoms with Gasteiger partial charge in [-0.15, -0.1) is 0 Å². The molecule has 2 atom stereocenters. The monoisotopic (exact) mass is 313 g/mol. The van der Waals surface area contributed by atoms with Gasteiger partial charge < -0.3 is 5.32 Å². The third kappa shape index (κ3) is 5.96. The number of halogens is 2. The molecular formula is C18H29ClFN. The van der Waals surface area contributed by atoms with E-state index in [0.29, 0.717) is 21.9 Å². The molecule has 2 unspecified atom stereocenters. The van der Waals surface area contributed by atoms with Crippen molar-refractivity contribution < 1.29 is 4.39 Å². The van der Waals surface area contributed by atoms with Gasteiger partial charge in [-0.25, -0.2) is 4.39 Å². The molecule has 0 aromatic heterocycles. The van der Waals surface area contributed by atoms with Gasteiger partial charge in [-0.2, -0.15) is 0 Å². The quantitative estimate of drug-likeness (QED) is 0.689. The van der Waals surface area contributed by atoms with Crippen molar-refractivity contribution >= 4 is 11.6 Å². The number of aryl methyl sites for hydroxylation is 1. The summed E-state index contributed by atoms with van der Waals surface area (Å²) >= 11 is 6.27. The van der Waals surface area contributed by atoms with Crippen molar-refractivity contribution in [1.82, 2.24) is 5.32 Å². The summed E-state index contributed by atoms with van der Waals surface area (Å²) in [4.78, 5) is 0. The highest BCUT2D eigenvalue weighted by Crippen LogP contribution is 2.33. The van der Waals surface area contributed by atoms with Gasteiger partial charge in [0, 0.05) is 11.1 Å². The SMILES string of the molecule is CCNC(CC(C)CC(C)(C)C)c1cc(C)c(F)cc1Cl. The predicted molar refractivity (Wildman–Crippen MR) is 90.4 cm³/mol. The Labute approximate surface area is 134 Å². The summed E-state index contributed by atoms with van der Waals surface area (Å²) in [6.45, 7) is 13.8. The Morgan fingerprint density at radius 2 is 1.90 bits per heavy atom. The molecule has 0 heterocycles. The zero-order valence-corrected chi connectivity index (χ0v) is 14.9. The first-order chi connectivity index (χ1) is 9.64. The van der Waals surface area contributed by atoms with Gasteiger partial charge in [-0.05, 0) is 54.8 Å². The van der Waals surface area contributed by atoms with Crippen LogP contribution in [0, 0.1) is 24.1 Å². The molecule has 1 aromatic rings. The van der Waals surface area contributed by atoms with E-state index < -0.39 is 0 Å². The topological polar surface area (TPSA) is 12.0 Å². The fourth-order valence-electron chi connectivity index (χ4n) is 3.04. The Morgan fingerprint density at radius 3 is 2.43 bits per heavy atom. The standard InChI is InChI=1S/C18H29ClFN/c1-7-21-17(8-12(2)11-18(4,5)6)14-9-13(3)16(20)10-15(14)19/h9-10,12,17,21H,7-8,11H2,1-6H3. The van der Waals surface area contributed by atoms with E-state index in [1.807, 2.05) is 6.07 Å². The van der Waals surface area contributed by atoms with E-state index in [0.717, 1.165) is 24.9 Å². The van der Waals surface area contributed by atoms with E-state index in [4.69, 9.17) is 11.6 Å². The molecule has 0 spiro atoms. The summed E-state index contributed by atoms with van der Waals surface area (Å²) in [6, 6.07) is 3.50. The number of nitrogens with one attached hydrogen (secondary N) is 1. The predicted octanol–water partition coefficient (Wildman–Crippen LogP) is 5.90. The molecule has 0 saturated carbocycles. The molecular weight excluding hydrogens is 285 g/mol. The highest BCUT2D eigenvalue weighted by atomic mass is 35.5. The lowest BCUT2D eigenvalue weighted by molar-refractivity contribution is 0.276. The van der Waals surface area contributed by atoms with Gasteiger partial charge in [0.2, 0.25) is 0 Å². The third-order valence-electron chi connectivity index (χ3n) is 3.70. The lowest BCUT2D eigenvalue weighted by atomic mass is 9.82. The van der Waals surface area contributed by atoms with Crippen molar-refractivity contribution in [2.24, 2.45) is 11.3 Å². The molecule has 0 aliphatic heterocycles. The van der Waals surface area contributed by atoms with E-state index in [9.17, 15) is 4.39 Å². The summed E-state index contributed by atoms with van der Waals surface area (Å²) in [5.74, 6) is 0.345. The van der Waals surface area contributed by atoms with E-state index in [1.54, 1.807) is 6.92 Å². The van der Waals surface area contributed by atoms with E-state index in [2.05, 4.69) is 39.9 Å². The third-order valence-corrected chi connectivity index (χ3v) is 4.03. The number of rotatable bonds is 6. The van der Waals surface area contributed by atoms with Crippen LogP contribution in [0.4, 0.5) is 4.39 Å². The van der Waals surface area contributed by atoms with Crippen molar-refractivity contribution in [2.75, 3.05) is 6.54 Å². The van der Waals surface area contributed by atoms with Gasteiger partial charge in [-0.1, -0.05) is 52.3 Å². The Balaban J connectivity index is 2.94. The van der Waals surface area contributed by atoms with Crippen molar-refractivity contribution in [3.8, 4) is 0 Å². The molecule has 1 nitrogen and oxygen atoms in total. The van der Waals surface area contributed by atoms with Crippen LogP contribution in [0.3, 0.4) is 0 Å². The molecule has 0 amide bonds. The van der Waals surface area contributed by atoms with Crippen molar-refractivity contribution in [1.29, 1.82) is 0 Å². The molecule has 0 saturated heterocycles. The zero-order valence-electron chi connectivity index (χ0n) is 14.2. The number of benzene rings is 1. The average Bonchev–Trinajstić information content (AvgIpc) is 2.31. The van der Waals surface area contributed by atoms with Gasteiger partial charge in [-0.3, -0.25) is 0 Å². The first kappa shape index (κ1) is 18.4. The van der Waals surface area contributed by atoms with Crippen LogP contribution in [0.15, 0.2) is 12.1 Å². The maximum absolute atomic E-state index is 13.6. The first-order valence-corrected chi connectivity index (χ1v) is 8.20. The minimum absolute atomic E-state index is 0.180. The second-order valence-corrected chi connectivity index (χ2v) is 7.75. The highest BCUT2D eigenvalue weighted by Gasteiger charge is 2.22. The maximum Gasteiger partial charge on any atom is 0.127 e. The van der Waals surface area contributed by atoms with Crippen LogP contribution >= 0.6 is 11.6 Å². The molecule has 3 heteroatoms. The lowest BCUT2D eigenvalue weighted by Gasteiger charge is -2.28. The fraction of sp³-hybridized carbons (Fsp3) is 0.667. The van der Waals surface area contributed by atoms with Gasteiger partial charge >= 0.3 is 0 Å². The molecule has 0 aliphatic carbocycles.